The Morgan fingerprint density at radius 3 is 2.71 bits per heavy atom. The molecule has 1 aliphatic rings. The van der Waals surface area contributed by atoms with Gasteiger partial charge in [0.2, 0.25) is 0 Å². The molecule has 1 N–H and O–H groups in total. The number of halogens is 3. The fourth-order valence-corrected chi connectivity index (χ4v) is 3.24. The van der Waals surface area contributed by atoms with Gasteiger partial charge < -0.3 is 9.88 Å². The van der Waals surface area contributed by atoms with Crippen molar-refractivity contribution in [3.63, 3.8) is 0 Å². The van der Waals surface area contributed by atoms with Crippen molar-refractivity contribution in [2.24, 2.45) is 7.05 Å². The minimum atomic E-state index is -4.33. The van der Waals surface area contributed by atoms with Crippen LogP contribution in [0.5, 0.6) is 0 Å². The van der Waals surface area contributed by atoms with Crippen LogP contribution in [0.2, 0.25) is 0 Å². The Morgan fingerprint density at radius 2 is 2.14 bits per heavy atom. The van der Waals surface area contributed by atoms with Crippen LogP contribution in [0.25, 0.3) is 11.0 Å². The highest BCUT2D eigenvalue weighted by atomic mass is 19.4. The Balaban J connectivity index is 2.15. The maximum Gasteiger partial charge on any atom is 0.416 e. The highest BCUT2D eigenvalue weighted by molar-refractivity contribution is 5.77. The summed E-state index contributed by atoms with van der Waals surface area (Å²) >= 11 is 0. The molecule has 114 valence electrons. The summed E-state index contributed by atoms with van der Waals surface area (Å²) in [6, 6.07) is 3.78. The summed E-state index contributed by atoms with van der Waals surface area (Å²) in [6.07, 6.45) is -2.45. The molecule has 1 aromatic carbocycles. The maximum absolute atomic E-state index is 12.8. The molecule has 0 amide bonds. The van der Waals surface area contributed by atoms with E-state index in [0.717, 1.165) is 49.4 Å². The molecule has 1 fully saturated rings. The average molecular weight is 297 g/mol. The van der Waals surface area contributed by atoms with Gasteiger partial charge in [0.05, 0.1) is 16.6 Å². The van der Waals surface area contributed by atoms with Crippen molar-refractivity contribution in [2.75, 3.05) is 13.1 Å². The smallest absolute Gasteiger partial charge is 0.331 e. The summed E-state index contributed by atoms with van der Waals surface area (Å²) < 4.78 is 40.4. The molecule has 0 bridgehead atoms. The topological polar surface area (TPSA) is 29.9 Å². The van der Waals surface area contributed by atoms with Gasteiger partial charge in [-0.15, -0.1) is 0 Å². The molecule has 3 rings (SSSR count). The number of benzene rings is 1. The summed E-state index contributed by atoms with van der Waals surface area (Å²) in [5, 5.41) is 3.34. The minimum Gasteiger partial charge on any atom is -0.331 e. The molecule has 0 radical (unpaired) electrons. The minimum absolute atomic E-state index is 0.0772. The lowest BCUT2D eigenvalue weighted by Gasteiger charge is -2.25. The second kappa shape index (κ2) is 4.73. The third kappa shape index (κ3) is 2.21. The van der Waals surface area contributed by atoms with Crippen LogP contribution >= 0.6 is 0 Å². The SMILES string of the molecule is CCC1(c2nc3cc(C(F)(F)F)ccc3n2C)CCNC1. The summed E-state index contributed by atoms with van der Waals surface area (Å²) in [7, 11) is 1.88. The van der Waals surface area contributed by atoms with E-state index >= 15 is 0 Å². The molecular weight excluding hydrogens is 279 g/mol. The van der Waals surface area contributed by atoms with Crippen molar-refractivity contribution in [1.82, 2.24) is 14.9 Å². The van der Waals surface area contributed by atoms with E-state index in [1.165, 1.54) is 6.07 Å². The van der Waals surface area contributed by atoms with E-state index in [2.05, 4.69) is 17.2 Å². The number of aryl methyl sites for hydroxylation is 1. The molecule has 2 aromatic rings. The zero-order valence-electron chi connectivity index (χ0n) is 12.1. The molecule has 0 spiro atoms. The molecule has 1 aromatic heterocycles. The molecule has 0 aliphatic carbocycles. The fourth-order valence-electron chi connectivity index (χ4n) is 3.24. The fraction of sp³-hybridized carbons (Fsp3) is 0.533. The van der Waals surface area contributed by atoms with Gasteiger partial charge in [0, 0.05) is 19.0 Å². The van der Waals surface area contributed by atoms with Gasteiger partial charge >= 0.3 is 6.18 Å². The van der Waals surface area contributed by atoms with Gasteiger partial charge in [-0.1, -0.05) is 6.92 Å². The molecule has 21 heavy (non-hydrogen) atoms. The van der Waals surface area contributed by atoms with Gasteiger partial charge in [-0.05, 0) is 37.6 Å². The van der Waals surface area contributed by atoms with E-state index in [4.69, 9.17) is 0 Å². The Morgan fingerprint density at radius 1 is 1.38 bits per heavy atom. The van der Waals surface area contributed by atoms with Gasteiger partial charge in [-0.2, -0.15) is 13.2 Å². The first kappa shape index (κ1) is 14.4. The predicted octanol–water partition coefficient (Wildman–Crippen LogP) is 3.23. The van der Waals surface area contributed by atoms with E-state index in [-0.39, 0.29) is 5.41 Å². The lowest BCUT2D eigenvalue weighted by atomic mass is 9.83. The summed E-state index contributed by atoms with van der Waals surface area (Å²) in [5.41, 5.74) is 0.445. The van der Waals surface area contributed by atoms with Crippen molar-refractivity contribution in [2.45, 2.75) is 31.4 Å². The van der Waals surface area contributed by atoms with E-state index in [0.29, 0.717) is 5.52 Å². The van der Waals surface area contributed by atoms with Crippen LogP contribution in [0, 0.1) is 0 Å². The Kier molecular flexibility index (Phi) is 3.24. The third-order valence-corrected chi connectivity index (χ3v) is 4.60. The van der Waals surface area contributed by atoms with Crippen LogP contribution in [-0.4, -0.2) is 22.6 Å². The van der Waals surface area contributed by atoms with Gasteiger partial charge in [0.1, 0.15) is 5.82 Å². The molecule has 3 nitrogen and oxygen atoms in total. The van der Waals surface area contributed by atoms with E-state index in [9.17, 15) is 13.2 Å². The highest BCUT2D eigenvalue weighted by Gasteiger charge is 2.38. The lowest BCUT2D eigenvalue weighted by Crippen LogP contribution is -2.31. The molecule has 1 unspecified atom stereocenters. The van der Waals surface area contributed by atoms with Crippen LogP contribution in [0.4, 0.5) is 13.2 Å². The number of aromatic nitrogens is 2. The molecule has 1 aliphatic heterocycles. The lowest BCUT2D eigenvalue weighted by molar-refractivity contribution is -0.137. The number of fused-ring (bicyclic) bond motifs is 1. The van der Waals surface area contributed by atoms with Crippen molar-refractivity contribution in [3.05, 3.63) is 29.6 Å². The van der Waals surface area contributed by atoms with Gasteiger partial charge in [-0.3, -0.25) is 0 Å². The Bertz CT molecular complexity index is 667. The quantitative estimate of drug-likeness (QED) is 0.922. The van der Waals surface area contributed by atoms with Crippen LogP contribution in [-0.2, 0) is 18.6 Å². The number of nitrogens with one attached hydrogen (secondary N) is 1. The Hall–Kier alpha value is -1.56. The zero-order chi connectivity index (χ0) is 15.3. The molecule has 2 heterocycles. The Labute approximate surface area is 121 Å². The van der Waals surface area contributed by atoms with Gasteiger partial charge in [0.15, 0.2) is 0 Å². The highest BCUT2D eigenvalue weighted by Crippen LogP contribution is 2.36. The van der Waals surface area contributed by atoms with Crippen molar-refractivity contribution >= 4 is 11.0 Å². The summed E-state index contributed by atoms with van der Waals surface area (Å²) in [6.45, 7) is 3.85. The molecule has 1 atom stereocenters. The second-order valence-corrected chi connectivity index (χ2v) is 5.76. The average Bonchev–Trinajstić information content (AvgIpc) is 3.03. The van der Waals surface area contributed by atoms with Crippen LogP contribution in [0.15, 0.2) is 18.2 Å². The molecule has 6 heteroatoms. The first-order valence-corrected chi connectivity index (χ1v) is 7.12. The standard InChI is InChI=1S/C15H18F3N3/c1-3-14(6-7-19-9-14)13-20-11-8-10(15(16,17)18)4-5-12(11)21(13)2/h4-5,8,19H,3,6-7,9H2,1-2H3. The van der Waals surface area contributed by atoms with Gasteiger partial charge in [0.25, 0.3) is 0 Å². The predicted molar refractivity (Wildman–Crippen MR) is 75.2 cm³/mol. The van der Waals surface area contributed by atoms with Gasteiger partial charge in [-0.25, -0.2) is 4.98 Å². The first-order valence-electron chi connectivity index (χ1n) is 7.12. The number of nitrogens with zero attached hydrogens (tertiary/aromatic N) is 2. The molecular formula is C15H18F3N3. The maximum atomic E-state index is 12.8. The van der Waals surface area contributed by atoms with E-state index in [1.807, 2.05) is 11.6 Å². The van der Waals surface area contributed by atoms with Crippen LogP contribution < -0.4 is 5.32 Å². The van der Waals surface area contributed by atoms with E-state index < -0.39 is 11.7 Å². The van der Waals surface area contributed by atoms with Crippen molar-refractivity contribution in [3.8, 4) is 0 Å². The first-order chi connectivity index (χ1) is 9.87. The number of imidazole rings is 1. The largest absolute Gasteiger partial charge is 0.416 e. The number of rotatable bonds is 2. The zero-order valence-corrected chi connectivity index (χ0v) is 12.1. The number of hydrogen-bond acceptors (Lipinski definition) is 2. The number of hydrogen-bond donors (Lipinski definition) is 1. The summed E-state index contributed by atoms with van der Waals surface area (Å²) in [5.74, 6) is 0.879. The molecule has 1 saturated heterocycles. The van der Waals surface area contributed by atoms with E-state index in [1.54, 1.807) is 0 Å². The van der Waals surface area contributed by atoms with Crippen molar-refractivity contribution in [1.29, 1.82) is 0 Å². The second-order valence-electron chi connectivity index (χ2n) is 5.76. The number of alkyl halides is 3. The summed E-state index contributed by atoms with van der Waals surface area (Å²) in [4.78, 5) is 4.53. The molecule has 0 saturated carbocycles. The monoisotopic (exact) mass is 297 g/mol. The van der Waals surface area contributed by atoms with Crippen molar-refractivity contribution < 1.29 is 13.2 Å². The van der Waals surface area contributed by atoms with Crippen LogP contribution in [0.1, 0.15) is 31.2 Å². The third-order valence-electron chi connectivity index (χ3n) is 4.60. The van der Waals surface area contributed by atoms with Crippen LogP contribution in [0.3, 0.4) is 0 Å². The normalized spacial score (nSPS) is 23.1.